The highest BCUT2D eigenvalue weighted by molar-refractivity contribution is 7.92. The average molecular weight is 405 g/mol. The second kappa shape index (κ2) is 7.37. The summed E-state index contributed by atoms with van der Waals surface area (Å²) in [7, 11) is -3.74. The molecular formula is C20H21ClN2O3S. The number of hydrogen-bond donors (Lipinski definition) is 2. The van der Waals surface area contributed by atoms with Crippen molar-refractivity contribution in [2.75, 3.05) is 11.3 Å². The van der Waals surface area contributed by atoms with Crippen LogP contribution in [0.3, 0.4) is 0 Å². The van der Waals surface area contributed by atoms with Crippen LogP contribution in [0, 0.1) is 6.92 Å². The van der Waals surface area contributed by atoms with Crippen LogP contribution in [0.4, 0.5) is 5.69 Å². The molecule has 7 heteroatoms. The fraction of sp³-hybridized carbons (Fsp3) is 0.250. The van der Waals surface area contributed by atoms with Crippen molar-refractivity contribution >= 4 is 33.2 Å². The fourth-order valence-corrected chi connectivity index (χ4v) is 4.25. The minimum atomic E-state index is -3.74. The lowest BCUT2D eigenvalue weighted by atomic mass is 9.95. The Balaban J connectivity index is 1.77. The van der Waals surface area contributed by atoms with Crippen molar-refractivity contribution in [3.8, 4) is 0 Å². The monoisotopic (exact) mass is 404 g/mol. The Hall–Kier alpha value is -2.31. The molecule has 27 heavy (non-hydrogen) atoms. The van der Waals surface area contributed by atoms with E-state index in [9.17, 15) is 13.2 Å². The summed E-state index contributed by atoms with van der Waals surface area (Å²) in [5, 5.41) is 3.23. The smallest absolute Gasteiger partial charge is 0.261 e. The first-order chi connectivity index (χ1) is 12.8. The van der Waals surface area contributed by atoms with Gasteiger partial charge < -0.3 is 5.32 Å². The molecule has 0 heterocycles. The second-order valence-electron chi connectivity index (χ2n) is 6.67. The number of benzene rings is 2. The molecule has 0 aliphatic heterocycles. The van der Waals surface area contributed by atoms with E-state index in [0.717, 1.165) is 24.0 Å². The molecule has 1 amide bonds. The summed E-state index contributed by atoms with van der Waals surface area (Å²) >= 11 is 6.03. The first kappa shape index (κ1) is 19.5. The molecule has 3 rings (SSSR count). The molecule has 0 atom stereocenters. The van der Waals surface area contributed by atoms with Crippen LogP contribution in [0.5, 0.6) is 0 Å². The molecule has 1 aliphatic rings. The van der Waals surface area contributed by atoms with E-state index in [1.165, 1.54) is 12.1 Å². The summed E-state index contributed by atoms with van der Waals surface area (Å²) < 4.78 is 27.6. The number of nitrogens with one attached hydrogen (secondary N) is 2. The van der Waals surface area contributed by atoms with Gasteiger partial charge in [-0.2, -0.15) is 0 Å². The van der Waals surface area contributed by atoms with Crippen LogP contribution in [-0.4, -0.2) is 20.9 Å². The number of rotatable bonds is 7. The van der Waals surface area contributed by atoms with Gasteiger partial charge in [0, 0.05) is 17.3 Å². The average Bonchev–Trinajstić information content (AvgIpc) is 3.44. The maximum atomic E-state index is 12.5. The van der Waals surface area contributed by atoms with Crippen molar-refractivity contribution in [3.63, 3.8) is 0 Å². The maximum absolute atomic E-state index is 12.5. The lowest BCUT2D eigenvalue weighted by molar-refractivity contribution is -0.123. The lowest BCUT2D eigenvalue weighted by Crippen LogP contribution is -2.34. The van der Waals surface area contributed by atoms with Gasteiger partial charge in [-0.3, -0.25) is 9.52 Å². The SMILES string of the molecule is C=CCNC(=O)C1(c2ccc(NS(=O)(=O)c3ccc(C)c(Cl)c3)cc2)CC1. The molecular weight excluding hydrogens is 384 g/mol. The summed E-state index contributed by atoms with van der Waals surface area (Å²) in [4.78, 5) is 12.5. The Labute approximate surface area is 164 Å². The number of amides is 1. The molecule has 0 unspecified atom stereocenters. The lowest BCUT2D eigenvalue weighted by Gasteiger charge is -2.16. The molecule has 1 aliphatic carbocycles. The number of carbonyl (C=O) groups is 1. The molecule has 0 bridgehead atoms. The van der Waals surface area contributed by atoms with Crippen LogP contribution in [0.2, 0.25) is 5.02 Å². The van der Waals surface area contributed by atoms with Gasteiger partial charge in [0.05, 0.1) is 10.3 Å². The summed E-state index contributed by atoms with van der Waals surface area (Å²) in [5.74, 6) is -0.0231. The normalized spacial score (nSPS) is 15.0. The van der Waals surface area contributed by atoms with Gasteiger partial charge in [0.15, 0.2) is 0 Å². The van der Waals surface area contributed by atoms with Gasteiger partial charge >= 0.3 is 0 Å². The van der Waals surface area contributed by atoms with Crippen LogP contribution < -0.4 is 10.0 Å². The van der Waals surface area contributed by atoms with E-state index in [0.29, 0.717) is 17.3 Å². The highest BCUT2D eigenvalue weighted by atomic mass is 35.5. The standard InChI is InChI=1S/C20H21ClN2O3S/c1-3-12-22-19(24)20(10-11-20)15-5-7-16(8-6-15)23-27(25,26)17-9-4-14(2)18(21)13-17/h3-9,13,23H,1,10-12H2,2H3,(H,22,24). The van der Waals surface area contributed by atoms with Gasteiger partial charge in [0.2, 0.25) is 5.91 Å². The van der Waals surface area contributed by atoms with Crippen LogP contribution in [0.25, 0.3) is 0 Å². The van der Waals surface area contributed by atoms with E-state index < -0.39 is 15.4 Å². The molecule has 0 saturated heterocycles. The molecule has 1 saturated carbocycles. The van der Waals surface area contributed by atoms with Gasteiger partial charge in [0.25, 0.3) is 10.0 Å². The third kappa shape index (κ3) is 4.01. The number of sulfonamides is 1. The summed E-state index contributed by atoms with van der Waals surface area (Å²) in [6, 6.07) is 11.5. The zero-order valence-electron chi connectivity index (χ0n) is 15.0. The van der Waals surface area contributed by atoms with Gasteiger partial charge in [-0.15, -0.1) is 6.58 Å². The topological polar surface area (TPSA) is 75.3 Å². The Morgan fingerprint density at radius 2 is 1.89 bits per heavy atom. The fourth-order valence-electron chi connectivity index (χ4n) is 2.92. The van der Waals surface area contributed by atoms with Crippen molar-refractivity contribution in [1.29, 1.82) is 0 Å². The van der Waals surface area contributed by atoms with E-state index in [1.54, 1.807) is 36.4 Å². The molecule has 2 aromatic carbocycles. The van der Waals surface area contributed by atoms with Crippen LogP contribution in [-0.2, 0) is 20.2 Å². The predicted molar refractivity (Wildman–Crippen MR) is 108 cm³/mol. The van der Waals surface area contributed by atoms with Crippen LogP contribution in [0.1, 0.15) is 24.0 Å². The number of anilines is 1. The molecule has 0 radical (unpaired) electrons. The van der Waals surface area contributed by atoms with Crippen LogP contribution >= 0.6 is 11.6 Å². The van der Waals surface area contributed by atoms with Gasteiger partial charge in [-0.1, -0.05) is 35.9 Å². The summed E-state index contributed by atoms with van der Waals surface area (Å²) in [6.07, 6.45) is 3.20. The number of carbonyl (C=O) groups excluding carboxylic acids is 1. The van der Waals surface area contributed by atoms with E-state index in [-0.39, 0.29) is 10.8 Å². The Morgan fingerprint density at radius 3 is 2.44 bits per heavy atom. The van der Waals surface area contributed by atoms with Crippen molar-refractivity contribution in [2.24, 2.45) is 0 Å². The van der Waals surface area contributed by atoms with Crippen LogP contribution in [0.15, 0.2) is 60.0 Å². The molecule has 5 nitrogen and oxygen atoms in total. The third-order valence-electron chi connectivity index (χ3n) is 4.73. The predicted octanol–water partition coefficient (Wildman–Crippen LogP) is 3.78. The minimum Gasteiger partial charge on any atom is -0.352 e. The molecule has 0 aromatic heterocycles. The third-order valence-corrected chi connectivity index (χ3v) is 6.52. The highest BCUT2D eigenvalue weighted by Crippen LogP contribution is 2.48. The van der Waals surface area contributed by atoms with Crippen molar-refractivity contribution in [2.45, 2.75) is 30.1 Å². The zero-order chi connectivity index (χ0) is 19.7. The molecule has 142 valence electrons. The number of halogens is 1. The molecule has 2 N–H and O–H groups in total. The number of aryl methyl sites for hydroxylation is 1. The minimum absolute atomic E-state index is 0.0231. The largest absolute Gasteiger partial charge is 0.352 e. The van der Waals surface area contributed by atoms with Crippen molar-refractivity contribution < 1.29 is 13.2 Å². The van der Waals surface area contributed by atoms with E-state index in [1.807, 2.05) is 6.92 Å². The van der Waals surface area contributed by atoms with Crippen molar-refractivity contribution in [3.05, 3.63) is 71.3 Å². The number of hydrogen-bond acceptors (Lipinski definition) is 3. The second-order valence-corrected chi connectivity index (χ2v) is 8.76. The molecule has 1 fully saturated rings. The summed E-state index contributed by atoms with van der Waals surface area (Å²) in [5.41, 5.74) is 1.61. The van der Waals surface area contributed by atoms with Gasteiger partial charge in [-0.25, -0.2) is 8.42 Å². The first-order valence-corrected chi connectivity index (χ1v) is 10.4. The zero-order valence-corrected chi connectivity index (χ0v) is 16.5. The highest BCUT2D eigenvalue weighted by Gasteiger charge is 2.50. The van der Waals surface area contributed by atoms with E-state index in [2.05, 4.69) is 16.6 Å². The van der Waals surface area contributed by atoms with E-state index in [4.69, 9.17) is 11.6 Å². The Morgan fingerprint density at radius 1 is 1.22 bits per heavy atom. The Kier molecular flexibility index (Phi) is 5.31. The summed E-state index contributed by atoms with van der Waals surface area (Å²) in [6.45, 7) is 5.84. The molecule has 2 aromatic rings. The molecule has 0 spiro atoms. The maximum Gasteiger partial charge on any atom is 0.261 e. The Bertz CT molecular complexity index is 981. The van der Waals surface area contributed by atoms with Gasteiger partial charge in [0.1, 0.15) is 0 Å². The van der Waals surface area contributed by atoms with E-state index >= 15 is 0 Å². The van der Waals surface area contributed by atoms with Crippen molar-refractivity contribution in [1.82, 2.24) is 5.32 Å². The first-order valence-electron chi connectivity index (χ1n) is 8.57. The quantitative estimate of drug-likeness (QED) is 0.689. The van der Waals surface area contributed by atoms with Gasteiger partial charge in [-0.05, 0) is 55.2 Å².